The van der Waals surface area contributed by atoms with E-state index in [-0.39, 0.29) is 23.9 Å². The van der Waals surface area contributed by atoms with E-state index in [1.54, 1.807) is 18.3 Å². The molecule has 0 bridgehead atoms. The molecule has 3 aromatic heterocycles. The minimum atomic E-state index is -0.310. The van der Waals surface area contributed by atoms with Gasteiger partial charge in [0, 0.05) is 28.9 Å². The topological polar surface area (TPSA) is 81.3 Å². The number of benzene rings is 1. The van der Waals surface area contributed by atoms with Gasteiger partial charge in [-0.3, -0.25) is 19.0 Å². The third-order valence-corrected chi connectivity index (χ3v) is 4.61. The predicted molar refractivity (Wildman–Crippen MR) is 109 cm³/mol. The average Bonchev–Trinajstić information content (AvgIpc) is 3.04. The minimum absolute atomic E-state index is 0.0797. The van der Waals surface area contributed by atoms with Crippen molar-refractivity contribution in [3.8, 4) is 0 Å². The molecule has 7 heteroatoms. The fourth-order valence-corrected chi connectivity index (χ4v) is 3.35. The van der Waals surface area contributed by atoms with Crippen LogP contribution in [0.25, 0.3) is 16.4 Å². The van der Waals surface area contributed by atoms with E-state index in [1.807, 2.05) is 55.5 Å². The van der Waals surface area contributed by atoms with E-state index in [0.717, 1.165) is 22.4 Å². The number of para-hydroxylation sites is 1. The Morgan fingerprint density at radius 1 is 1.14 bits per heavy atom. The number of amides is 1. The Hall–Kier alpha value is -3.48. The number of carbonyl (C=O) groups excluding carboxylic acids is 1. The van der Waals surface area contributed by atoms with E-state index in [2.05, 4.69) is 15.4 Å². The van der Waals surface area contributed by atoms with Gasteiger partial charge in [-0.2, -0.15) is 5.10 Å². The average molecular weight is 375 g/mol. The maximum absolute atomic E-state index is 13.0. The molecule has 28 heavy (non-hydrogen) atoms. The van der Waals surface area contributed by atoms with Crippen LogP contribution in [0.3, 0.4) is 0 Å². The first kappa shape index (κ1) is 17.9. The molecule has 0 atom stereocenters. The Balaban J connectivity index is 1.77. The predicted octanol–water partition coefficient (Wildman–Crippen LogP) is 3.11. The fraction of sp³-hybridized carbons (Fsp3) is 0.238. The number of nitrogens with one attached hydrogen (secondary N) is 1. The van der Waals surface area contributed by atoms with E-state index in [0.29, 0.717) is 11.2 Å². The van der Waals surface area contributed by atoms with Gasteiger partial charge < -0.3 is 5.32 Å². The number of nitrogens with zero attached hydrogens (tertiary/aromatic N) is 4. The van der Waals surface area contributed by atoms with Crippen molar-refractivity contribution in [3.05, 3.63) is 70.5 Å². The summed E-state index contributed by atoms with van der Waals surface area (Å²) in [4.78, 5) is 29.6. The third kappa shape index (κ3) is 3.15. The molecule has 1 amide bonds. The van der Waals surface area contributed by atoms with E-state index in [9.17, 15) is 9.59 Å². The maximum Gasteiger partial charge on any atom is 0.291 e. The third-order valence-electron chi connectivity index (χ3n) is 4.61. The Labute approximate surface area is 161 Å². The second-order valence-electron chi connectivity index (χ2n) is 7.13. The zero-order valence-electron chi connectivity index (χ0n) is 16.0. The second kappa shape index (κ2) is 6.92. The number of fused-ring (bicyclic) bond motifs is 3. The molecular weight excluding hydrogens is 354 g/mol. The monoisotopic (exact) mass is 375 g/mol. The lowest BCUT2D eigenvalue weighted by molar-refractivity contribution is -0.117. The van der Waals surface area contributed by atoms with Crippen molar-refractivity contribution < 1.29 is 4.79 Å². The summed E-state index contributed by atoms with van der Waals surface area (Å²) in [5.41, 5.74) is 2.62. The summed E-state index contributed by atoms with van der Waals surface area (Å²) in [6, 6.07) is 13.2. The molecule has 0 aliphatic rings. The largest absolute Gasteiger partial charge is 0.324 e. The van der Waals surface area contributed by atoms with Crippen LogP contribution >= 0.6 is 0 Å². The van der Waals surface area contributed by atoms with Gasteiger partial charge in [-0.05, 0) is 31.2 Å². The molecule has 0 saturated carbocycles. The van der Waals surface area contributed by atoms with Crippen molar-refractivity contribution in [3.63, 3.8) is 0 Å². The number of aryl methyl sites for hydroxylation is 1. The van der Waals surface area contributed by atoms with Gasteiger partial charge in [0.05, 0.1) is 5.52 Å². The van der Waals surface area contributed by atoms with Crippen LogP contribution in [0.4, 0.5) is 5.69 Å². The van der Waals surface area contributed by atoms with Crippen molar-refractivity contribution in [2.75, 3.05) is 5.32 Å². The van der Waals surface area contributed by atoms with Gasteiger partial charge in [-0.1, -0.05) is 32.0 Å². The quantitative estimate of drug-likeness (QED) is 0.594. The number of aromatic nitrogens is 4. The van der Waals surface area contributed by atoms with Crippen LogP contribution in [0.1, 0.15) is 31.3 Å². The maximum atomic E-state index is 13.0. The van der Waals surface area contributed by atoms with E-state index in [1.165, 1.54) is 4.68 Å². The summed E-state index contributed by atoms with van der Waals surface area (Å²) in [7, 11) is 0. The molecule has 7 nitrogen and oxygen atoms in total. The number of anilines is 1. The van der Waals surface area contributed by atoms with Gasteiger partial charge in [0.2, 0.25) is 5.91 Å². The van der Waals surface area contributed by atoms with Crippen LogP contribution in [0, 0.1) is 6.92 Å². The molecule has 0 unspecified atom stereocenters. The summed E-state index contributed by atoms with van der Waals surface area (Å²) < 4.78 is 3.13. The molecule has 4 rings (SSSR count). The van der Waals surface area contributed by atoms with Crippen molar-refractivity contribution in [2.24, 2.45) is 0 Å². The Kier molecular flexibility index (Phi) is 4.43. The highest BCUT2D eigenvalue weighted by molar-refractivity contribution is 5.91. The SMILES string of the molecule is Cc1cc(NC(=O)Cn2nc(C(C)C)n3c(cc4ccccc43)c2=O)ccn1. The van der Waals surface area contributed by atoms with Crippen molar-refractivity contribution in [2.45, 2.75) is 33.2 Å². The first-order valence-corrected chi connectivity index (χ1v) is 9.18. The molecule has 0 aliphatic heterocycles. The lowest BCUT2D eigenvalue weighted by atomic mass is 10.2. The summed E-state index contributed by atoms with van der Waals surface area (Å²) >= 11 is 0. The smallest absolute Gasteiger partial charge is 0.291 e. The molecule has 4 aromatic rings. The summed E-state index contributed by atoms with van der Waals surface area (Å²) in [6.07, 6.45) is 1.63. The standard InChI is InChI=1S/C21H21N5O2/c1-13(2)20-24-25(12-19(27)23-16-8-9-22-14(3)10-16)21(28)18-11-15-6-4-5-7-17(15)26(18)20/h4-11,13H,12H2,1-3H3,(H,22,23,27). The van der Waals surface area contributed by atoms with Gasteiger partial charge in [0.25, 0.3) is 5.56 Å². The Bertz CT molecular complexity index is 1250. The van der Waals surface area contributed by atoms with Crippen LogP contribution < -0.4 is 10.9 Å². The van der Waals surface area contributed by atoms with Gasteiger partial charge in [-0.15, -0.1) is 0 Å². The van der Waals surface area contributed by atoms with Gasteiger partial charge in [0.1, 0.15) is 17.9 Å². The molecule has 0 fully saturated rings. The minimum Gasteiger partial charge on any atom is -0.324 e. The lowest BCUT2D eigenvalue weighted by Gasteiger charge is -2.13. The normalized spacial score (nSPS) is 11.4. The molecule has 3 heterocycles. The number of rotatable bonds is 4. The summed E-state index contributed by atoms with van der Waals surface area (Å²) in [5, 5.41) is 8.28. The van der Waals surface area contributed by atoms with Crippen LogP contribution in [0.5, 0.6) is 0 Å². The highest BCUT2D eigenvalue weighted by atomic mass is 16.2. The highest BCUT2D eigenvalue weighted by Gasteiger charge is 2.17. The molecule has 0 aliphatic carbocycles. The Morgan fingerprint density at radius 3 is 2.68 bits per heavy atom. The summed E-state index contributed by atoms with van der Waals surface area (Å²) in [6.45, 7) is 5.73. The van der Waals surface area contributed by atoms with Gasteiger partial charge in [0.15, 0.2) is 0 Å². The first-order chi connectivity index (χ1) is 13.4. The van der Waals surface area contributed by atoms with E-state index < -0.39 is 0 Å². The number of pyridine rings is 1. The number of carbonyl (C=O) groups is 1. The molecule has 1 N–H and O–H groups in total. The van der Waals surface area contributed by atoms with E-state index >= 15 is 0 Å². The number of hydrogen-bond donors (Lipinski definition) is 1. The van der Waals surface area contributed by atoms with Crippen LogP contribution in [-0.4, -0.2) is 25.1 Å². The zero-order chi connectivity index (χ0) is 19.8. The van der Waals surface area contributed by atoms with Crippen molar-refractivity contribution in [1.29, 1.82) is 0 Å². The van der Waals surface area contributed by atoms with E-state index in [4.69, 9.17) is 0 Å². The first-order valence-electron chi connectivity index (χ1n) is 9.18. The summed E-state index contributed by atoms with van der Waals surface area (Å²) in [5.74, 6) is 0.509. The molecular formula is C21H21N5O2. The molecule has 0 radical (unpaired) electrons. The van der Waals surface area contributed by atoms with Crippen LogP contribution in [-0.2, 0) is 11.3 Å². The van der Waals surface area contributed by atoms with Crippen LogP contribution in [0.15, 0.2) is 53.5 Å². The van der Waals surface area contributed by atoms with Crippen LogP contribution in [0.2, 0.25) is 0 Å². The second-order valence-corrected chi connectivity index (χ2v) is 7.13. The highest BCUT2D eigenvalue weighted by Crippen LogP contribution is 2.22. The molecule has 1 aromatic carbocycles. The fourth-order valence-electron chi connectivity index (χ4n) is 3.35. The van der Waals surface area contributed by atoms with Crippen molar-refractivity contribution in [1.82, 2.24) is 19.2 Å². The lowest BCUT2D eigenvalue weighted by Crippen LogP contribution is -2.32. The van der Waals surface area contributed by atoms with Gasteiger partial charge >= 0.3 is 0 Å². The molecule has 142 valence electrons. The number of hydrogen-bond acceptors (Lipinski definition) is 4. The zero-order valence-corrected chi connectivity index (χ0v) is 16.0. The van der Waals surface area contributed by atoms with Crippen molar-refractivity contribution >= 4 is 28.0 Å². The molecule has 0 saturated heterocycles. The van der Waals surface area contributed by atoms with Gasteiger partial charge in [-0.25, -0.2) is 4.68 Å². The molecule has 0 spiro atoms. The Morgan fingerprint density at radius 2 is 1.93 bits per heavy atom.